The van der Waals surface area contributed by atoms with Crippen molar-refractivity contribution in [2.45, 2.75) is 0 Å². The van der Waals surface area contributed by atoms with Gasteiger partial charge in [-0.15, -0.1) is 0 Å². The van der Waals surface area contributed by atoms with Gasteiger partial charge < -0.3 is 9.76 Å². The summed E-state index contributed by atoms with van der Waals surface area (Å²) in [5.74, 6) is 0.530. The molecule has 0 amide bonds. The molecule has 0 saturated carbocycles. The molecule has 0 atom stereocenters. The molecule has 0 aliphatic carbocycles. The van der Waals surface area contributed by atoms with Crippen molar-refractivity contribution in [1.29, 1.82) is 0 Å². The van der Waals surface area contributed by atoms with Crippen LogP contribution in [0.25, 0.3) is 0 Å². The summed E-state index contributed by atoms with van der Waals surface area (Å²) < 4.78 is 4.92. The van der Waals surface area contributed by atoms with Gasteiger partial charge in [-0.2, -0.15) is 0 Å². The Hall–Kier alpha value is -1.29. The van der Waals surface area contributed by atoms with E-state index in [2.05, 4.69) is 0 Å². The van der Waals surface area contributed by atoms with Crippen molar-refractivity contribution >= 4 is 19.2 Å². The predicted octanol–water partition coefficient (Wildman–Crippen LogP) is -0.523. The third-order valence-electron chi connectivity index (χ3n) is 1.60. The first kappa shape index (κ1) is 8.81. The van der Waals surface area contributed by atoms with Gasteiger partial charge in [-0.25, -0.2) is 0 Å². The van der Waals surface area contributed by atoms with E-state index in [0.29, 0.717) is 23.1 Å². The SMILES string of the molecule is COc1ccc(BO)cc1C=O. The number of benzene rings is 1. The second-order valence-corrected chi connectivity index (χ2v) is 2.35. The van der Waals surface area contributed by atoms with Crippen LogP contribution in [0, 0.1) is 0 Å². The largest absolute Gasteiger partial charge is 0.496 e. The fraction of sp³-hybridized carbons (Fsp3) is 0.125. The maximum Gasteiger partial charge on any atom is 0.304 e. The Morgan fingerprint density at radius 3 is 2.83 bits per heavy atom. The number of ether oxygens (including phenoxy) is 1. The molecule has 0 radical (unpaired) electrons. The Morgan fingerprint density at radius 1 is 1.58 bits per heavy atom. The lowest BCUT2D eigenvalue weighted by Gasteiger charge is -2.03. The Kier molecular flexibility index (Phi) is 2.88. The Morgan fingerprint density at radius 2 is 2.33 bits per heavy atom. The second-order valence-electron chi connectivity index (χ2n) is 2.35. The number of hydrogen-bond donors (Lipinski definition) is 1. The summed E-state index contributed by atoms with van der Waals surface area (Å²) in [6, 6.07) is 4.98. The summed E-state index contributed by atoms with van der Waals surface area (Å²) in [7, 11) is 1.44. The lowest BCUT2D eigenvalue weighted by molar-refractivity contribution is 0.112. The van der Waals surface area contributed by atoms with Crippen molar-refractivity contribution in [2.75, 3.05) is 7.11 Å². The molecule has 0 spiro atoms. The third kappa shape index (κ3) is 1.65. The average Bonchev–Trinajstić information content (AvgIpc) is 2.16. The van der Waals surface area contributed by atoms with Crippen LogP contribution in [0.15, 0.2) is 18.2 Å². The molecule has 1 rings (SSSR count). The average molecular weight is 164 g/mol. The highest BCUT2D eigenvalue weighted by Crippen LogP contribution is 2.12. The zero-order valence-corrected chi connectivity index (χ0v) is 6.78. The summed E-state index contributed by atoms with van der Waals surface area (Å²) in [6.45, 7) is 0. The van der Waals surface area contributed by atoms with Crippen LogP contribution < -0.4 is 10.2 Å². The molecule has 0 unspecified atom stereocenters. The molecule has 0 aliphatic rings. The van der Waals surface area contributed by atoms with E-state index in [-0.39, 0.29) is 7.48 Å². The molecule has 0 heterocycles. The fourth-order valence-corrected chi connectivity index (χ4v) is 0.974. The van der Waals surface area contributed by atoms with Gasteiger partial charge in [0.15, 0.2) is 6.29 Å². The van der Waals surface area contributed by atoms with Crippen molar-refractivity contribution in [1.82, 2.24) is 0 Å². The normalized spacial score (nSPS) is 9.17. The highest BCUT2D eigenvalue weighted by atomic mass is 16.5. The molecule has 0 aromatic heterocycles. The first-order valence-corrected chi connectivity index (χ1v) is 3.54. The third-order valence-corrected chi connectivity index (χ3v) is 1.60. The number of rotatable bonds is 3. The minimum atomic E-state index is -0.0646. The molecule has 1 aromatic carbocycles. The Labute approximate surface area is 71.3 Å². The van der Waals surface area contributed by atoms with Gasteiger partial charge in [0.2, 0.25) is 0 Å². The van der Waals surface area contributed by atoms with E-state index < -0.39 is 0 Å². The van der Waals surface area contributed by atoms with Crippen molar-refractivity contribution < 1.29 is 14.6 Å². The number of aldehydes is 1. The van der Waals surface area contributed by atoms with Gasteiger partial charge in [0.1, 0.15) is 5.75 Å². The first-order chi connectivity index (χ1) is 5.81. The topological polar surface area (TPSA) is 46.5 Å². The summed E-state index contributed by atoms with van der Waals surface area (Å²) >= 11 is 0. The van der Waals surface area contributed by atoms with Crippen molar-refractivity contribution in [3.05, 3.63) is 23.8 Å². The summed E-state index contributed by atoms with van der Waals surface area (Å²) in [4.78, 5) is 10.5. The van der Waals surface area contributed by atoms with Gasteiger partial charge in [0.25, 0.3) is 0 Å². The van der Waals surface area contributed by atoms with Gasteiger partial charge >= 0.3 is 7.48 Å². The first-order valence-electron chi connectivity index (χ1n) is 3.54. The monoisotopic (exact) mass is 164 g/mol. The molecule has 1 aromatic rings. The molecule has 0 aliphatic heterocycles. The molecule has 62 valence electrons. The van der Waals surface area contributed by atoms with Gasteiger partial charge in [0.05, 0.1) is 12.7 Å². The molecular weight excluding hydrogens is 155 g/mol. The van der Waals surface area contributed by atoms with Gasteiger partial charge in [-0.1, -0.05) is 17.6 Å². The van der Waals surface area contributed by atoms with Crippen LogP contribution in [0.1, 0.15) is 10.4 Å². The molecule has 0 saturated heterocycles. The summed E-state index contributed by atoms with van der Waals surface area (Å²) in [5, 5.41) is 8.76. The number of methoxy groups -OCH3 is 1. The molecule has 1 N–H and O–H groups in total. The van der Waals surface area contributed by atoms with Crippen LogP contribution in [-0.2, 0) is 0 Å². The van der Waals surface area contributed by atoms with E-state index in [4.69, 9.17) is 9.76 Å². The summed E-state index contributed by atoms with van der Waals surface area (Å²) in [6.07, 6.45) is 0.706. The number of carbonyl (C=O) groups excluding carboxylic acids is 1. The molecule has 3 nitrogen and oxygen atoms in total. The van der Waals surface area contributed by atoms with Crippen molar-refractivity contribution in [3.8, 4) is 5.75 Å². The Bertz CT molecular complexity index is 286. The van der Waals surface area contributed by atoms with Crippen molar-refractivity contribution in [2.24, 2.45) is 0 Å². The van der Waals surface area contributed by atoms with Crippen LogP contribution >= 0.6 is 0 Å². The highest BCUT2D eigenvalue weighted by Gasteiger charge is 2.02. The minimum absolute atomic E-state index is 0.0646. The van der Waals surface area contributed by atoms with E-state index in [1.807, 2.05) is 0 Å². The van der Waals surface area contributed by atoms with Crippen LogP contribution in [0.4, 0.5) is 0 Å². The number of carbonyl (C=O) groups is 1. The number of hydrogen-bond acceptors (Lipinski definition) is 3. The Balaban J connectivity index is 3.10. The van der Waals surface area contributed by atoms with E-state index >= 15 is 0 Å². The predicted molar refractivity (Wildman–Crippen MR) is 47.4 cm³/mol. The minimum Gasteiger partial charge on any atom is -0.496 e. The highest BCUT2D eigenvalue weighted by molar-refractivity contribution is 6.45. The van der Waals surface area contributed by atoms with Crippen LogP contribution in [-0.4, -0.2) is 25.9 Å². The van der Waals surface area contributed by atoms with E-state index in [1.165, 1.54) is 7.11 Å². The smallest absolute Gasteiger partial charge is 0.304 e. The van der Waals surface area contributed by atoms with Crippen LogP contribution in [0.3, 0.4) is 0 Å². The van der Waals surface area contributed by atoms with Crippen LogP contribution in [0.5, 0.6) is 5.75 Å². The maximum absolute atomic E-state index is 10.5. The quantitative estimate of drug-likeness (QED) is 0.482. The fourth-order valence-electron chi connectivity index (χ4n) is 0.974. The van der Waals surface area contributed by atoms with Crippen molar-refractivity contribution in [3.63, 3.8) is 0 Å². The molecule has 4 heteroatoms. The van der Waals surface area contributed by atoms with Gasteiger partial charge in [-0.3, -0.25) is 4.79 Å². The maximum atomic E-state index is 10.5. The molecule has 12 heavy (non-hydrogen) atoms. The molecule has 0 bridgehead atoms. The zero-order valence-electron chi connectivity index (χ0n) is 6.78. The van der Waals surface area contributed by atoms with Crippen LogP contribution in [0.2, 0.25) is 0 Å². The van der Waals surface area contributed by atoms with E-state index in [9.17, 15) is 4.79 Å². The lowest BCUT2D eigenvalue weighted by atomic mass is 9.87. The summed E-state index contributed by atoms with van der Waals surface area (Å²) in [5.41, 5.74) is 1.17. The molecule has 0 fully saturated rings. The van der Waals surface area contributed by atoms with E-state index in [0.717, 1.165) is 0 Å². The van der Waals surface area contributed by atoms with E-state index in [1.54, 1.807) is 18.2 Å². The standard InChI is InChI=1S/C8H9BO3/c1-12-8-3-2-7(9-11)4-6(8)5-10/h2-5,9,11H,1H3. The second kappa shape index (κ2) is 3.92. The van der Waals surface area contributed by atoms with Gasteiger partial charge in [-0.05, 0) is 6.07 Å². The molecular formula is C8H9BO3. The zero-order chi connectivity index (χ0) is 8.97. The lowest BCUT2D eigenvalue weighted by Crippen LogP contribution is -2.13. The van der Waals surface area contributed by atoms with Gasteiger partial charge in [0, 0.05) is 0 Å².